The van der Waals surface area contributed by atoms with Crippen LogP contribution in [0.4, 0.5) is 11.6 Å². The highest BCUT2D eigenvalue weighted by molar-refractivity contribution is 6.30. The van der Waals surface area contributed by atoms with E-state index < -0.39 is 23.8 Å². The predicted octanol–water partition coefficient (Wildman–Crippen LogP) is 1.90. The molecule has 1 aliphatic rings. The van der Waals surface area contributed by atoms with Crippen LogP contribution in [0.3, 0.4) is 0 Å². The van der Waals surface area contributed by atoms with Crippen LogP contribution in [0, 0.1) is 5.92 Å². The molecule has 0 N–H and O–H groups in total. The molecule has 0 radical (unpaired) electrons. The Balaban J connectivity index is 1.94. The molecule has 0 fully saturated rings. The molecule has 1 unspecified atom stereocenters. The molecule has 0 amide bonds. The lowest BCUT2D eigenvalue weighted by Crippen LogP contribution is -2.42. The van der Waals surface area contributed by atoms with Crippen molar-refractivity contribution in [3.05, 3.63) is 50.1 Å². The third-order valence-electron chi connectivity index (χ3n) is 5.15. The van der Waals surface area contributed by atoms with Gasteiger partial charge in [-0.15, -0.1) is 0 Å². The Hall–Kier alpha value is -3.07. The van der Waals surface area contributed by atoms with E-state index in [0.29, 0.717) is 24.1 Å². The first-order valence-corrected chi connectivity index (χ1v) is 10.1. The van der Waals surface area contributed by atoms with Crippen LogP contribution < -0.4 is 16.1 Å². The van der Waals surface area contributed by atoms with Crippen molar-refractivity contribution in [2.45, 2.75) is 26.9 Å². The Morgan fingerprint density at radius 2 is 2.07 bits per heavy atom. The highest BCUT2D eigenvalue weighted by Gasteiger charge is 2.30. The fourth-order valence-electron chi connectivity index (χ4n) is 3.84. The monoisotopic (exact) mass is 431 g/mol. The minimum Gasteiger partial charge on any atom is -0.465 e. The first kappa shape index (κ1) is 20.2. The highest BCUT2D eigenvalue weighted by atomic mass is 35.5. The quantitative estimate of drug-likeness (QED) is 0.586. The number of carbonyl (C=O) groups excluding carboxylic acids is 1. The molecule has 1 atom stereocenters. The van der Waals surface area contributed by atoms with Gasteiger partial charge in [0.15, 0.2) is 11.2 Å². The predicted molar refractivity (Wildman–Crippen MR) is 113 cm³/mol. The number of rotatable bonds is 4. The van der Waals surface area contributed by atoms with Gasteiger partial charge in [0.25, 0.3) is 5.56 Å². The summed E-state index contributed by atoms with van der Waals surface area (Å²) in [7, 11) is 1.54. The number of imidazole rings is 1. The van der Waals surface area contributed by atoms with Crippen molar-refractivity contribution in [1.29, 1.82) is 0 Å². The number of aryl methyl sites for hydroxylation is 1. The van der Waals surface area contributed by atoms with E-state index in [1.54, 1.807) is 13.0 Å². The third kappa shape index (κ3) is 3.28. The Labute approximate surface area is 177 Å². The number of hydrogen-bond acceptors (Lipinski definition) is 6. The maximum atomic E-state index is 13.2. The summed E-state index contributed by atoms with van der Waals surface area (Å²) in [6, 6.07) is 7.40. The number of hydrogen-bond donors (Lipinski definition) is 0. The molecule has 9 nitrogen and oxygen atoms in total. The molecule has 30 heavy (non-hydrogen) atoms. The summed E-state index contributed by atoms with van der Waals surface area (Å²) in [6.07, 6.45) is 0. The molecule has 2 aromatic heterocycles. The van der Waals surface area contributed by atoms with Crippen LogP contribution >= 0.6 is 11.6 Å². The van der Waals surface area contributed by atoms with Gasteiger partial charge in [-0.3, -0.25) is 14.2 Å². The van der Waals surface area contributed by atoms with Gasteiger partial charge in [-0.1, -0.05) is 24.6 Å². The van der Waals surface area contributed by atoms with Gasteiger partial charge in [0, 0.05) is 30.8 Å². The normalized spacial score (nSPS) is 16.0. The van der Waals surface area contributed by atoms with Gasteiger partial charge in [0.05, 0.1) is 6.61 Å². The molecule has 0 bridgehead atoms. The molecular weight excluding hydrogens is 410 g/mol. The number of carbonyl (C=O) groups is 1. The van der Waals surface area contributed by atoms with Gasteiger partial charge < -0.3 is 14.2 Å². The van der Waals surface area contributed by atoms with Gasteiger partial charge in [0.2, 0.25) is 5.95 Å². The standard InChI is InChI=1S/C20H22ClN5O4/c1-4-30-15(27)11-26-18(28)16-17(23(3)20(26)29)22-19-24(9-12(2)10-25(16)19)14-7-5-6-13(21)8-14/h5-8,12H,4,9-11H2,1-3H3. The molecule has 0 spiro atoms. The number of anilines is 2. The van der Waals surface area contributed by atoms with Crippen LogP contribution in [0.5, 0.6) is 0 Å². The number of ether oxygens (including phenoxy) is 1. The first-order valence-electron chi connectivity index (χ1n) is 9.70. The third-order valence-corrected chi connectivity index (χ3v) is 5.39. The average Bonchev–Trinajstić information content (AvgIpc) is 3.08. The van der Waals surface area contributed by atoms with E-state index in [2.05, 4.69) is 11.9 Å². The summed E-state index contributed by atoms with van der Waals surface area (Å²) >= 11 is 6.18. The van der Waals surface area contributed by atoms with E-state index in [4.69, 9.17) is 16.3 Å². The van der Waals surface area contributed by atoms with Crippen LogP contribution in [0.25, 0.3) is 11.2 Å². The van der Waals surface area contributed by atoms with Crippen LogP contribution in [-0.2, 0) is 29.7 Å². The average molecular weight is 432 g/mol. The fourth-order valence-corrected chi connectivity index (χ4v) is 4.03. The van der Waals surface area contributed by atoms with Crippen molar-refractivity contribution in [1.82, 2.24) is 18.7 Å². The number of benzene rings is 1. The van der Waals surface area contributed by atoms with Gasteiger partial charge in [-0.25, -0.2) is 9.36 Å². The number of fused-ring (bicyclic) bond motifs is 3. The van der Waals surface area contributed by atoms with Crippen LogP contribution in [0.1, 0.15) is 13.8 Å². The summed E-state index contributed by atoms with van der Waals surface area (Å²) in [5.74, 6) is 0.138. The summed E-state index contributed by atoms with van der Waals surface area (Å²) in [6.45, 7) is 4.73. The number of nitrogens with zero attached hydrogens (tertiary/aromatic N) is 5. The van der Waals surface area contributed by atoms with Crippen LogP contribution in [0.2, 0.25) is 5.02 Å². The molecule has 1 aliphatic heterocycles. The molecule has 0 saturated heterocycles. The van der Waals surface area contributed by atoms with E-state index in [9.17, 15) is 14.4 Å². The summed E-state index contributed by atoms with van der Waals surface area (Å²) in [4.78, 5) is 44.5. The topological polar surface area (TPSA) is 91.4 Å². The molecule has 0 aliphatic carbocycles. The number of halogens is 1. The van der Waals surface area contributed by atoms with E-state index in [0.717, 1.165) is 10.3 Å². The Bertz CT molecular complexity index is 1260. The van der Waals surface area contributed by atoms with E-state index in [1.807, 2.05) is 27.7 Å². The molecule has 0 saturated carbocycles. The number of esters is 1. The lowest BCUT2D eigenvalue weighted by atomic mass is 10.1. The van der Waals surface area contributed by atoms with Crippen molar-refractivity contribution in [2.24, 2.45) is 13.0 Å². The van der Waals surface area contributed by atoms with Crippen molar-refractivity contribution < 1.29 is 9.53 Å². The zero-order valence-electron chi connectivity index (χ0n) is 17.0. The fraction of sp³-hybridized carbons (Fsp3) is 0.400. The molecular formula is C20H22ClN5O4. The summed E-state index contributed by atoms with van der Waals surface area (Å²) in [5, 5.41) is 0.595. The molecule has 3 aromatic rings. The minimum atomic E-state index is -0.636. The second-order valence-electron chi connectivity index (χ2n) is 7.43. The maximum absolute atomic E-state index is 13.2. The summed E-state index contributed by atoms with van der Waals surface area (Å²) < 4.78 is 8.92. The SMILES string of the molecule is CCOC(=O)Cn1c(=O)c2c(nc3n2CC(C)CN3c2cccc(Cl)c2)n(C)c1=O. The molecule has 1 aromatic carbocycles. The Morgan fingerprint density at radius 1 is 1.30 bits per heavy atom. The molecule has 4 rings (SSSR count). The number of aromatic nitrogens is 4. The molecule has 3 heterocycles. The Morgan fingerprint density at radius 3 is 2.77 bits per heavy atom. The molecule has 158 valence electrons. The molecule has 10 heteroatoms. The maximum Gasteiger partial charge on any atom is 0.333 e. The smallest absolute Gasteiger partial charge is 0.333 e. The van der Waals surface area contributed by atoms with E-state index in [-0.39, 0.29) is 23.7 Å². The first-order chi connectivity index (χ1) is 14.3. The van der Waals surface area contributed by atoms with Crippen LogP contribution in [0.15, 0.2) is 33.9 Å². The van der Waals surface area contributed by atoms with E-state index in [1.165, 1.54) is 11.6 Å². The van der Waals surface area contributed by atoms with Crippen molar-refractivity contribution in [3.63, 3.8) is 0 Å². The van der Waals surface area contributed by atoms with Crippen molar-refractivity contribution in [3.8, 4) is 0 Å². The highest BCUT2D eigenvalue weighted by Crippen LogP contribution is 2.33. The lowest BCUT2D eigenvalue weighted by Gasteiger charge is -2.33. The van der Waals surface area contributed by atoms with Gasteiger partial charge in [-0.2, -0.15) is 4.98 Å². The largest absolute Gasteiger partial charge is 0.465 e. The zero-order valence-corrected chi connectivity index (χ0v) is 17.7. The second-order valence-corrected chi connectivity index (χ2v) is 7.86. The van der Waals surface area contributed by atoms with Gasteiger partial charge in [0.1, 0.15) is 6.54 Å². The second kappa shape index (κ2) is 7.64. The van der Waals surface area contributed by atoms with Crippen LogP contribution in [-0.4, -0.2) is 37.8 Å². The Kier molecular flexibility index (Phi) is 5.15. The summed E-state index contributed by atoms with van der Waals surface area (Å²) in [5.41, 5.74) is 0.247. The van der Waals surface area contributed by atoms with Crippen molar-refractivity contribution >= 4 is 40.4 Å². The zero-order chi connectivity index (χ0) is 21.6. The van der Waals surface area contributed by atoms with Gasteiger partial charge >= 0.3 is 11.7 Å². The van der Waals surface area contributed by atoms with Crippen molar-refractivity contribution in [2.75, 3.05) is 18.1 Å². The lowest BCUT2D eigenvalue weighted by molar-refractivity contribution is -0.143. The minimum absolute atomic E-state index is 0.171. The van der Waals surface area contributed by atoms with Gasteiger partial charge in [-0.05, 0) is 31.0 Å². The van der Waals surface area contributed by atoms with E-state index >= 15 is 0 Å².